The first kappa shape index (κ1) is 25.4. The second-order valence-electron chi connectivity index (χ2n) is 12.7. The molecule has 0 unspecified atom stereocenters. The lowest BCUT2D eigenvalue weighted by Crippen LogP contribution is -1.97. The van der Waals surface area contributed by atoms with Crippen LogP contribution < -0.4 is 0 Å². The smallest absolute Gasteiger partial charge is 0.0645 e. The van der Waals surface area contributed by atoms with E-state index in [-0.39, 0.29) is 18.1 Å². The first-order valence-electron chi connectivity index (χ1n) is 18.5. The highest BCUT2D eigenvalue weighted by Gasteiger charge is 2.19. The lowest BCUT2D eigenvalue weighted by atomic mass is 9.99. The largest absolute Gasteiger partial charge is 0.309 e. The van der Waals surface area contributed by atoms with E-state index in [0.717, 1.165) is 71.9 Å². The standard InChI is InChI=1S/C48H32N2/c1-4-15-33(16-5-1)38-21-10-12-25-44(38)50-45-26-13-11-22-40(45)42-31-35(28-30-47(42)50)36-27-29-46-43(32-36)41-24-14-23-39(34-17-6-2-7-18-34)48(41)49(46)37-19-8-3-9-20-37/h1-32H/i27D,29D,32D. The Hall–Kier alpha value is -6.64. The molecule has 0 aliphatic heterocycles. The quantitative estimate of drug-likeness (QED) is 0.177. The van der Waals surface area contributed by atoms with Crippen molar-refractivity contribution in [2.45, 2.75) is 0 Å². The van der Waals surface area contributed by atoms with Crippen molar-refractivity contribution < 1.29 is 4.11 Å². The van der Waals surface area contributed by atoms with Crippen LogP contribution in [-0.2, 0) is 0 Å². The number of hydrogen-bond donors (Lipinski definition) is 0. The normalized spacial score (nSPS) is 12.4. The third-order valence-corrected chi connectivity index (χ3v) is 9.84. The Kier molecular flexibility index (Phi) is 5.84. The highest BCUT2D eigenvalue weighted by molar-refractivity contribution is 6.15. The molecule has 0 spiro atoms. The SMILES string of the molecule is [2H]c1c(-c2ccc3c(c2)c2ccccc2n3-c2ccccc2-c2ccccc2)c([2H])c2c3cccc(-c4ccccc4)c3n(-c3ccccc3)c2c1[2H]. The van der Waals surface area contributed by atoms with E-state index in [4.69, 9.17) is 0 Å². The zero-order chi connectivity index (χ0) is 35.6. The zero-order valence-corrected chi connectivity index (χ0v) is 27.1. The number of rotatable bonds is 5. The summed E-state index contributed by atoms with van der Waals surface area (Å²) in [7, 11) is 0. The fourth-order valence-corrected chi connectivity index (χ4v) is 7.61. The molecule has 10 rings (SSSR count). The van der Waals surface area contributed by atoms with E-state index in [1.807, 2.05) is 66.7 Å². The Morgan fingerprint density at radius 1 is 0.360 bits per heavy atom. The van der Waals surface area contributed by atoms with Crippen LogP contribution in [0.1, 0.15) is 4.11 Å². The monoisotopic (exact) mass is 639 g/mol. The molecule has 0 atom stereocenters. The second-order valence-corrected chi connectivity index (χ2v) is 12.7. The number of benzene rings is 8. The third-order valence-electron chi connectivity index (χ3n) is 9.84. The van der Waals surface area contributed by atoms with Gasteiger partial charge in [0, 0.05) is 38.4 Å². The Balaban J connectivity index is 1.26. The van der Waals surface area contributed by atoms with Gasteiger partial charge in [-0.25, -0.2) is 0 Å². The van der Waals surface area contributed by atoms with Gasteiger partial charge in [0.05, 0.1) is 31.9 Å². The van der Waals surface area contributed by atoms with E-state index >= 15 is 0 Å². The minimum absolute atomic E-state index is 0.0428. The first-order chi connectivity index (χ1) is 26.1. The number of fused-ring (bicyclic) bond motifs is 6. The zero-order valence-electron chi connectivity index (χ0n) is 30.1. The fourth-order valence-electron chi connectivity index (χ4n) is 7.61. The van der Waals surface area contributed by atoms with Crippen LogP contribution in [0.15, 0.2) is 194 Å². The first-order valence-corrected chi connectivity index (χ1v) is 17.0. The summed E-state index contributed by atoms with van der Waals surface area (Å²) in [6.45, 7) is 0. The molecule has 0 amide bonds. The van der Waals surface area contributed by atoms with E-state index < -0.39 is 0 Å². The van der Waals surface area contributed by atoms with Gasteiger partial charge in [-0.1, -0.05) is 146 Å². The van der Waals surface area contributed by atoms with Gasteiger partial charge in [-0.15, -0.1) is 0 Å². The van der Waals surface area contributed by atoms with Crippen LogP contribution >= 0.6 is 0 Å². The number of hydrogen-bond acceptors (Lipinski definition) is 0. The Morgan fingerprint density at radius 3 is 1.78 bits per heavy atom. The fraction of sp³-hybridized carbons (Fsp3) is 0. The third kappa shape index (κ3) is 4.43. The minimum atomic E-state index is 0.0428. The molecule has 234 valence electrons. The molecular formula is C48H32N2. The minimum Gasteiger partial charge on any atom is -0.309 e. The molecule has 2 heterocycles. The van der Waals surface area contributed by atoms with Gasteiger partial charge in [-0.3, -0.25) is 0 Å². The highest BCUT2D eigenvalue weighted by Crippen LogP contribution is 2.41. The average Bonchev–Trinajstić information content (AvgIpc) is 3.75. The van der Waals surface area contributed by atoms with Crippen molar-refractivity contribution in [2.24, 2.45) is 0 Å². The van der Waals surface area contributed by atoms with E-state index in [2.05, 4.69) is 118 Å². The summed E-state index contributed by atoms with van der Waals surface area (Å²) in [4.78, 5) is 0. The van der Waals surface area contributed by atoms with Crippen molar-refractivity contribution in [3.8, 4) is 44.8 Å². The van der Waals surface area contributed by atoms with Gasteiger partial charge in [0.1, 0.15) is 0 Å². The van der Waals surface area contributed by atoms with E-state index in [1.165, 1.54) is 0 Å². The molecule has 0 aliphatic rings. The van der Waals surface area contributed by atoms with Crippen LogP contribution in [0.5, 0.6) is 0 Å². The lowest BCUT2D eigenvalue weighted by Gasteiger charge is -2.14. The molecular weight excluding hydrogens is 605 g/mol. The van der Waals surface area contributed by atoms with Gasteiger partial charge in [0.25, 0.3) is 0 Å². The van der Waals surface area contributed by atoms with Crippen LogP contribution in [0.25, 0.3) is 88.4 Å². The Bertz CT molecular complexity index is 3020. The maximum Gasteiger partial charge on any atom is 0.0645 e. The van der Waals surface area contributed by atoms with E-state index in [1.54, 1.807) is 0 Å². The number of aromatic nitrogens is 2. The molecule has 0 saturated carbocycles. The van der Waals surface area contributed by atoms with E-state index in [9.17, 15) is 4.11 Å². The van der Waals surface area contributed by atoms with Crippen molar-refractivity contribution in [1.29, 1.82) is 0 Å². The molecule has 0 bridgehead atoms. The molecule has 2 aromatic heterocycles. The molecule has 0 saturated heterocycles. The van der Waals surface area contributed by atoms with E-state index in [0.29, 0.717) is 16.5 Å². The van der Waals surface area contributed by atoms with Crippen LogP contribution in [0.4, 0.5) is 0 Å². The molecule has 0 radical (unpaired) electrons. The summed E-state index contributed by atoms with van der Waals surface area (Å²) in [5.41, 5.74) is 11.1. The summed E-state index contributed by atoms with van der Waals surface area (Å²) >= 11 is 0. The van der Waals surface area contributed by atoms with Crippen LogP contribution in [0, 0.1) is 0 Å². The Labute approximate surface area is 294 Å². The Morgan fingerprint density at radius 2 is 0.980 bits per heavy atom. The van der Waals surface area contributed by atoms with Gasteiger partial charge >= 0.3 is 0 Å². The predicted octanol–water partition coefficient (Wildman–Crippen LogP) is 12.9. The van der Waals surface area contributed by atoms with Gasteiger partial charge in [0.15, 0.2) is 0 Å². The van der Waals surface area contributed by atoms with Crippen molar-refractivity contribution >= 4 is 43.6 Å². The molecule has 0 aliphatic carbocycles. The number of nitrogens with zero attached hydrogens (tertiary/aromatic N) is 2. The van der Waals surface area contributed by atoms with Crippen LogP contribution in [0.2, 0.25) is 0 Å². The van der Waals surface area contributed by atoms with Crippen LogP contribution in [0.3, 0.4) is 0 Å². The summed E-state index contributed by atoms with van der Waals surface area (Å²) < 4.78 is 33.4. The lowest BCUT2D eigenvalue weighted by molar-refractivity contribution is 1.18. The molecule has 0 N–H and O–H groups in total. The summed E-state index contributed by atoms with van der Waals surface area (Å²) in [6, 6.07) is 60.5. The van der Waals surface area contributed by atoms with Crippen molar-refractivity contribution in [2.75, 3.05) is 0 Å². The van der Waals surface area contributed by atoms with Crippen molar-refractivity contribution in [1.82, 2.24) is 9.13 Å². The highest BCUT2D eigenvalue weighted by atomic mass is 15.0. The maximum atomic E-state index is 9.86. The van der Waals surface area contributed by atoms with Gasteiger partial charge in [-0.2, -0.15) is 0 Å². The van der Waals surface area contributed by atoms with Crippen molar-refractivity contribution in [3.63, 3.8) is 0 Å². The molecule has 8 aromatic carbocycles. The summed E-state index contributed by atoms with van der Waals surface area (Å²) in [5, 5.41) is 3.69. The van der Waals surface area contributed by atoms with Gasteiger partial charge < -0.3 is 9.13 Å². The second kappa shape index (κ2) is 11.5. The molecule has 0 fully saturated rings. The predicted molar refractivity (Wildman–Crippen MR) is 211 cm³/mol. The van der Waals surface area contributed by atoms with Crippen LogP contribution in [-0.4, -0.2) is 9.13 Å². The van der Waals surface area contributed by atoms with Gasteiger partial charge in [0.2, 0.25) is 0 Å². The van der Waals surface area contributed by atoms with Gasteiger partial charge in [-0.05, 0) is 70.7 Å². The molecule has 10 aromatic rings. The topological polar surface area (TPSA) is 9.86 Å². The number of para-hydroxylation sites is 4. The molecule has 2 nitrogen and oxygen atoms in total. The maximum absolute atomic E-state index is 9.86. The average molecular weight is 640 g/mol. The molecule has 50 heavy (non-hydrogen) atoms. The molecule has 2 heteroatoms. The summed E-state index contributed by atoms with van der Waals surface area (Å²) in [5.74, 6) is 0. The van der Waals surface area contributed by atoms with Crippen molar-refractivity contribution in [3.05, 3.63) is 194 Å². The summed E-state index contributed by atoms with van der Waals surface area (Å²) in [6.07, 6.45) is 0.